The van der Waals surface area contributed by atoms with Gasteiger partial charge in [0.05, 0.1) is 11.5 Å². The molecule has 0 bridgehead atoms. The topological polar surface area (TPSA) is 49.6 Å². The molecule has 1 saturated heterocycles. The van der Waals surface area contributed by atoms with E-state index in [1.807, 2.05) is 0 Å². The molecule has 1 heterocycles. The van der Waals surface area contributed by atoms with Gasteiger partial charge in [-0.2, -0.15) is 26.3 Å². The molecule has 1 aromatic carbocycles. The summed E-state index contributed by atoms with van der Waals surface area (Å²) in [6, 6.07) is 2.09. The number of benzene rings is 1. The maximum Gasteiger partial charge on any atom is 0.423 e. The highest BCUT2D eigenvalue weighted by Gasteiger charge is 2.39. The predicted molar refractivity (Wildman–Crippen MR) is 77.4 cm³/mol. The Balaban J connectivity index is 2.22. The molecular weight excluding hydrogens is 356 g/mol. The fourth-order valence-electron chi connectivity index (χ4n) is 2.80. The van der Waals surface area contributed by atoms with Gasteiger partial charge in [0.15, 0.2) is 0 Å². The third-order valence-electron chi connectivity index (χ3n) is 3.99. The molecule has 1 aliphatic heterocycles. The molecule has 1 fully saturated rings. The zero-order chi connectivity index (χ0) is 19.0. The second kappa shape index (κ2) is 6.70. The van der Waals surface area contributed by atoms with Gasteiger partial charge in [-0.1, -0.05) is 0 Å². The number of alkyl halides is 6. The van der Waals surface area contributed by atoms with Crippen molar-refractivity contribution in [2.75, 3.05) is 31.1 Å². The Kier molecular flexibility index (Phi) is 5.17. The zero-order valence-corrected chi connectivity index (χ0v) is 13.1. The third kappa shape index (κ3) is 4.74. The molecule has 0 radical (unpaired) electrons. The van der Waals surface area contributed by atoms with Gasteiger partial charge >= 0.3 is 12.4 Å². The molecule has 25 heavy (non-hydrogen) atoms. The van der Waals surface area contributed by atoms with E-state index >= 15 is 0 Å². The van der Waals surface area contributed by atoms with Gasteiger partial charge < -0.3 is 4.90 Å². The number of piperazine rings is 1. The molecule has 0 spiro atoms. The SMILES string of the molecule is CC1CN(c2ccc([N+](=O)[O-])c(C(F)(F)F)c2)CCN1CC(F)(F)F. The first-order chi connectivity index (χ1) is 11.4. The maximum absolute atomic E-state index is 13.0. The summed E-state index contributed by atoms with van der Waals surface area (Å²) in [5.41, 5.74) is -2.34. The van der Waals surface area contributed by atoms with E-state index < -0.39 is 41.1 Å². The number of anilines is 1. The first-order valence-corrected chi connectivity index (χ1v) is 7.30. The molecule has 5 nitrogen and oxygen atoms in total. The monoisotopic (exact) mass is 371 g/mol. The molecule has 140 valence electrons. The highest BCUT2D eigenvalue weighted by molar-refractivity contribution is 5.57. The summed E-state index contributed by atoms with van der Waals surface area (Å²) in [5.74, 6) is 0. The number of rotatable bonds is 3. The van der Waals surface area contributed by atoms with Crippen LogP contribution in [0.5, 0.6) is 0 Å². The average molecular weight is 371 g/mol. The van der Waals surface area contributed by atoms with Crippen LogP contribution in [0.4, 0.5) is 37.7 Å². The summed E-state index contributed by atoms with van der Waals surface area (Å²) in [7, 11) is 0. The normalized spacial score (nSPS) is 20.0. The van der Waals surface area contributed by atoms with Gasteiger partial charge in [0, 0.05) is 37.4 Å². The van der Waals surface area contributed by atoms with Gasteiger partial charge in [0.2, 0.25) is 0 Å². The minimum absolute atomic E-state index is 0.0268. The lowest BCUT2D eigenvalue weighted by Crippen LogP contribution is -2.54. The van der Waals surface area contributed by atoms with Crippen molar-refractivity contribution >= 4 is 11.4 Å². The van der Waals surface area contributed by atoms with Crippen LogP contribution in [0.2, 0.25) is 0 Å². The van der Waals surface area contributed by atoms with Crippen LogP contribution in [-0.4, -0.2) is 48.2 Å². The van der Waals surface area contributed by atoms with Crippen LogP contribution < -0.4 is 4.90 Å². The van der Waals surface area contributed by atoms with Crippen LogP contribution >= 0.6 is 0 Å². The Morgan fingerprint density at radius 3 is 2.32 bits per heavy atom. The summed E-state index contributed by atoms with van der Waals surface area (Å²) in [6.45, 7) is 0.670. The Morgan fingerprint density at radius 1 is 1.20 bits per heavy atom. The molecule has 1 aromatic rings. The highest BCUT2D eigenvalue weighted by Crippen LogP contribution is 2.38. The second-order valence-electron chi connectivity index (χ2n) is 5.84. The minimum atomic E-state index is -4.90. The van der Waals surface area contributed by atoms with E-state index in [1.165, 1.54) is 15.9 Å². The number of halogens is 6. The smallest absolute Gasteiger partial charge is 0.369 e. The average Bonchev–Trinajstić information content (AvgIpc) is 2.46. The Morgan fingerprint density at radius 2 is 1.84 bits per heavy atom. The van der Waals surface area contributed by atoms with E-state index in [1.54, 1.807) is 6.92 Å². The van der Waals surface area contributed by atoms with Crippen molar-refractivity contribution < 1.29 is 31.3 Å². The number of nitro benzene ring substituents is 1. The Labute approximate surface area is 139 Å². The molecule has 0 aliphatic carbocycles. The first-order valence-electron chi connectivity index (χ1n) is 7.30. The third-order valence-corrected chi connectivity index (χ3v) is 3.99. The van der Waals surface area contributed by atoms with Gasteiger partial charge in [0.1, 0.15) is 5.56 Å². The summed E-state index contributed by atoms with van der Waals surface area (Å²) in [4.78, 5) is 12.3. The number of hydrogen-bond acceptors (Lipinski definition) is 4. The quantitative estimate of drug-likeness (QED) is 0.462. The van der Waals surface area contributed by atoms with E-state index in [2.05, 4.69) is 0 Å². The van der Waals surface area contributed by atoms with Crippen molar-refractivity contribution in [3.8, 4) is 0 Å². The standard InChI is InChI=1S/C14H15F6N3O2/c1-9-7-21(4-5-22(9)8-13(15,16)17)10-2-3-12(23(24)25)11(6-10)14(18,19)20/h2-3,6,9H,4-5,7-8H2,1H3. The van der Waals surface area contributed by atoms with Crippen molar-refractivity contribution in [3.63, 3.8) is 0 Å². The fraction of sp³-hybridized carbons (Fsp3) is 0.571. The summed E-state index contributed by atoms with van der Waals surface area (Å²) in [5, 5.41) is 10.8. The molecule has 0 N–H and O–H groups in total. The van der Waals surface area contributed by atoms with Crippen LogP contribution in [0.1, 0.15) is 12.5 Å². The van der Waals surface area contributed by atoms with Crippen LogP contribution in [0.25, 0.3) is 0 Å². The number of nitro groups is 1. The molecule has 2 rings (SSSR count). The lowest BCUT2D eigenvalue weighted by atomic mass is 10.1. The van der Waals surface area contributed by atoms with E-state index in [0.717, 1.165) is 6.07 Å². The Hall–Kier alpha value is -2.04. The van der Waals surface area contributed by atoms with Crippen molar-refractivity contribution in [1.82, 2.24) is 4.90 Å². The Bertz CT molecular complexity index is 646. The van der Waals surface area contributed by atoms with E-state index in [-0.39, 0.29) is 25.3 Å². The van der Waals surface area contributed by atoms with Gasteiger partial charge in [-0.15, -0.1) is 0 Å². The van der Waals surface area contributed by atoms with Gasteiger partial charge in [-0.3, -0.25) is 15.0 Å². The lowest BCUT2D eigenvalue weighted by molar-refractivity contribution is -0.388. The summed E-state index contributed by atoms with van der Waals surface area (Å²) >= 11 is 0. The number of nitrogens with zero attached hydrogens (tertiary/aromatic N) is 3. The summed E-state index contributed by atoms with van der Waals surface area (Å²) in [6.07, 6.45) is -9.25. The second-order valence-corrected chi connectivity index (χ2v) is 5.84. The van der Waals surface area contributed by atoms with Gasteiger partial charge in [-0.05, 0) is 19.1 Å². The molecule has 1 atom stereocenters. The molecule has 1 aliphatic rings. The van der Waals surface area contributed by atoms with Crippen LogP contribution in [0.15, 0.2) is 18.2 Å². The lowest BCUT2D eigenvalue weighted by Gasteiger charge is -2.41. The fourth-order valence-corrected chi connectivity index (χ4v) is 2.80. The van der Waals surface area contributed by atoms with E-state index in [9.17, 15) is 36.5 Å². The zero-order valence-electron chi connectivity index (χ0n) is 13.1. The van der Waals surface area contributed by atoms with Crippen LogP contribution in [0, 0.1) is 10.1 Å². The molecule has 11 heteroatoms. The first kappa shape index (κ1) is 19.3. The largest absolute Gasteiger partial charge is 0.423 e. The molecule has 0 saturated carbocycles. The van der Waals surface area contributed by atoms with Crippen LogP contribution in [0.3, 0.4) is 0 Å². The van der Waals surface area contributed by atoms with Gasteiger partial charge in [-0.25, -0.2) is 0 Å². The highest BCUT2D eigenvalue weighted by atomic mass is 19.4. The van der Waals surface area contributed by atoms with Crippen molar-refractivity contribution in [2.45, 2.75) is 25.3 Å². The maximum atomic E-state index is 13.0. The van der Waals surface area contributed by atoms with E-state index in [0.29, 0.717) is 6.07 Å². The molecule has 0 amide bonds. The minimum Gasteiger partial charge on any atom is -0.369 e. The predicted octanol–water partition coefficient (Wildman–Crippen LogP) is 3.69. The molecular formula is C14H15F6N3O2. The van der Waals surface area contributed by atoms with Crippen molar-refractivity contribution in [3.05, 3.63) is 33.9 Å². The van der Waals surface area contributed by atoms with Gasteiger partial charge in [0.25, 0.3) is 5.69 Å². The molecule has 0 aromatic heterocycles. The summed E-state index contributed by atoms with van der Waals surface area (Å²) < 4.78 is 76.6. The van der Waals surface area contributed by atoms with E-state index in [4.69, 9.17) is 0 Å². The number of hydrogen-bond donors (Lipinski definition) is 0. The van der Waals surface area contributed by atoms with Crippen molar-refractivity contribution in [1.29, 1.82) is 0 Å². The van der Waals surface area contributed by atoms with Crippen LogP contribution in [-0.2, 0) is 6.18 Å². The van der Waals surface area contributed by atoms with Crippen molar-refractivity contribution in [2.24, 2.45) is 0 Å². The molecule has 1 unspecified atom stereocenters.